The highest BCUT2D eigenvalue weighted by molar-refractivity contribution is 5.98. The summed E-state index contributed by atoms with van der Waals surface area (Å²) in [5.74, 6) is -3.15. The molecule has 21 heavy (non-hydrogen) atoms. The fourth-order valence-corrected chi connectivity index (χ4v) is 2.75. The lowest BCUT2D eigenvalue weighted by atomic mass is 9.69. The van der Waals surface area contributed by atoms with Crippen molar-refractivity contribution in [1.82, 2.24) is 0 Å². The number of benzene rings is 1. The summed E-state index contributed by atoms with van der Waals surface area (Å²) in [6.07, 6.45) is 0.630. The van der Waals surface area contributed by atoms with Crippen LogP contribution in [0.2, 0.25) is 0 Å². The van der Waals surface area contributed by atoms with Crippen LogP contribution in [-0.4, -0.2) is 17.7 Å². The molecular weight excluding hydrogens is 268 g/mol. The minimum atomic E-state index is -1.19. The van der Waals surface area contributed by atoms with E-state index >= 15 is 0 Å². The molecule has 0 aromatic heterocycles. The topological polar surface area (TPSA) is 52.6 Å². The van der Waals surface area contributed by atoms with Crippen molar-refractivity contribution in [3.63, 3.8) is 0 Å². The van der Waals surface area contributed by atoms with Crippen LogP contribution in [0.3, 0.4) is 0 Å². The maximum Gasteiger partial charge on any atom is 0.324 e. The normalized spacial score (nSPS) is 21.4. The molecule has 0 unspecified atom stereocenters. The van der Waals surface area contributed by atoms with Crippen molar-refractivity contribution in [2.24, 2.45) is 5.92 Å². The fraction of sp³-hybridized carbons (Fsp3) is 0.529. The van der Waals surface area contributed by atoms with Gasteiger partial charge in [-0.15, -0.1) is 0 Å². The Bertz CT molecular complexity index is 539. The molecule has 0 saturated carbocycles. The van der Waals surface area contributed by atoms with E-state index in [0.717, 1.165) is 11.1 Å². The molecule has 0 aliphatic carbocycles. The molecule has 114 valence electrons. The van der Waals surface area contributed by atoms with E-state index in [0.29, 0.717) is 6.42 Å². The molecular formula is C17H22O4. The van der Waals surface area contributed by atoms with E-state index in [9.17, 15) is 9.59 Å². The van der Waals surface area contributed by atoms with E-state index in [2.05, 4.69) is 0 Å². The maximum absolute atomic E-state index is 12.3. The molecule has 1 heterocycles. The molecule has 1 aromatic rings. The molecule has 2 rings (SSSR count). The second-order valence-corrected chi connectivity index (χ2v) is 6.31. The first-order valence-corrected chi connectivity index (χ1v) is 7.22. The van der Waals surface area contributed by atoms with Crippen LogP contribution in [0.15, 0.2) is 24.3 Å². The summed E-state index contributed by atoms with van der Waals surface area (Å²) < 4.78 is 10.5. The van der Waals surface area contributed by atoms with Crippen LogP contribution in [0, 0.1) is 12.8 Å². The average molecular weight is 290 g/mol. The summed E-state index contributed by atoms with van der Waals surface area (Å²) in [7, 11) is 0. The number of rotatable bonds is 3. The third kappa shape index (κ3) is 2.80. The van der Waals surface area contributed by atoms with Gasteiger partial charge in [-0.05, 0) is 18.9 Å². The number of hydrogen-bond donors (Lipinski definition) is 0. The van der Waals surface area contributed by atoms with Crippen molar-refractivity contribution in [2.75, 3.05) is 0 Å². The van der Waals surface area contributed by atoms with Gasteiger partial charge in [0.15, 0.2) is 5.92 Å². The molecule has 1 aliphatic rings. The van der Waals surface area contributed by atoms with Crippen molar-refractivity contribution in [1.29, 1.82) is 0 Å². The van der Waals surface area contributed by atoms with Gasteiger partial charge in [0, 0.05) is 19.3 Å². The van der Waals surface area contributed by atoms with Gasteiger partial charge >= 0.3 is 11.9 Å². The first-order valence-electron chi connectivity index (χ1n) is 7.22. The second-order valence-electron chi connectivity index (χ2n) is 6.31. The number of ether oxygens (including phenoxy) is 2. The van der Waals surface area contributed by atoms with Gasteiger partial charge in [0.2, 0.25) is 0 Å². The van der Waals surface area contributed by atoms with Crippen molar-refractivity contribution < 1.29 is 19.1 Å². The zero-order valence-corrected chi connectivity index (χ0v) is 13.2. The van der Waals surface area contributed by atoms with E-state index in [1.807, 2.05) is 45.0 Å². The highest BCUT2D eigenvalue weighted by Gasteiger charge is 2.52. The molecule has 1 atom stereocenters. The highest BCUT2D eigenvalue weighted by atomic mass is 16.7. The molecule has 4 nitrogen and oxygen atoms in total. The minimum Gasteiger partial charge on any atom is -0.422 e. The van der Waals surface area contributed by atoms with Crippen LogP contribution >= 0.6 is 0 Å². The molecule has 1 aromatic carbocycles. The quantitative estimate of drug-likeness (QED) is 0.634. The summed E-state index contributed by atoms with van der Waals surface area (Å²) in [6.45, 7) is 8.99. The fourth-order valence-electron chi connectivity index (χ4n) is 2.75. The molecule has 4 heteroatoms. The van der Waals surface area contributed by atoms with Crippen LogP contribution in [-0.2, 0) is 24.5 Å². The lowest BCUT2D eigenvalue weighted by Crippen LogP contribution is -2.53. The molecule has 0 amide bonds. The number of hydrogen-bond acceptors (Lipinski definition) is 4. The zero-order chi connectivity index (χ0) is 15.8. The average Bonchev–Trinajstić information content (AvgIpc) is 2.36. The summed E-state index contributed by atoms with van der Waals surface area (Å²) in [5, 5.41) is 0. The minimum absolute atomic E-state index is 0.513. The van der Waals surface area contributed by atoms with Gasteiger partial charge in [-0.2, -0.15) is 0 Å². The van der Waals surface area contributed by atoms with E-state index in [1.54, 1.807) is 13.8 Å². The first-order chi connectivity index (χ1) is 9.69. The van der Waals surface area contributed by atoms with Crippen LogP contribution < -0.4 is 0 Å². The van der Waals surface area contributed by atoms with Crippen LogP contribution in [0.25, 0.3) is 0 Å². The number of carbonyl (C=O) groups excluding carboxylic acids is 2. The number of cyclic esters (lactones) is 2. The summed E-state index contributed by atoms with van der Waals surface area (Å²) in [6, 6.07) is 7.87. The van der Waals surface area contributed by atoms with Crippen molar-refractivity contribution >= 4 is 11.9 Å². The lowest BCUT2D eigenvalue weighted by molar-refractivity contribution is -0.243. The van der Waals surface area contributed by atoms with Crippen LogP contribution in [0.1, 0.15) is 45.2 Å². The number of esters is 2. The van der Waals surface area contributed by atoms with Gasteiger partial charge in [0.05, 0.1) is 0 Å². The number of carbonyl (C=O) groups is 2. The predicted molar refractivity (Wildman–Crippen MR) is 78.6 cm³/mol. The number of aryl methyl sites for hydroxylation is 1. The molecule has 0 radical (unpaired) electrons. The molecule has 0 spiro atoms. The van der Waals surface area contributed by atoms with Crippen molar-refractivity contribution in [3.05, 3.63) is 35.4 Å². The van der Waals surface area contributed by atoms with Gasteiger partial charge < -0.3 is 9.47 Å². The van der Waals surface area contributed by atoms with Gasteiger partial charge in [-0.3, -0.25) is 9.59 Å². The van der Waals surface area contributed by atoms with Crippen LogP contribution in [0.4, 0.5) is 0 Å². The standard InChI is InChI=1S/C17H22O4/c1-6-17(5,12-9-7-11(2)8-10-12)13-14(18)20-16(3,4)21-15(13)19/h7-10,13H,6H2,1-5H3/t17-/m0/s1. The monoisotopic (exact) mass is 290 g/mol. The lowest BCUT2D eigenvalue weighted by Gasteiger charge is -2.41. The Kier molecular flexibility index (Phi) is 3.83. The summed E-state index contributed by atoms with van der Waals surface area (Å²) in [5.41, 5.74) is 1.43. The highest BCUT2D eigenvalue weighted by Crippen LogP contribution is 2.40. The molecule has 1 aliphatic heterocycles. The second kappa shape index (κ2) is 5.17. The molecule has 1 saturated heterocycles. The van der Waals surface area contributed by atoms with Gasteiger partial charge in [0.25, 0.3) is 5.79 Å². The van der Waals surface area contributed by atoms with Gasteiger partial charge in [-0.1, -0.05) is 43.7 Å². The first kappa shape index (κ1) is 15.5. The SMILES string of the molecule is CC[C@@](C)(c1ccc(C)cc1)C1C(=O)OC(C)(C)OC1=O. The summed E-state index contributed by atoms with van der Waals surface area (Å²) >= 11 is 0. The van der Waals surface area contributed by atoms with Gasteiger partial charge in [0.1, 0.15) is 0 Å². The van der Waals surface area contributed by atoms with E-state index in [-0.39, 0.29) is 0 Å². The van der Waals surface area contributed by atoms with Crippen molar-refractivity contribution in [3.8, 4) is 0 Å². The van der Waals surface area contributed by atoms with Crippen molar-refractivity contribution in [2.45, 2.75) is 52.2 Å². The van der Waals surface area contributed by atoms with E-state index in [4.69, 9.17) is 9.47 Å². The van der Waals surface area contributed by atoms with E-state index < -0.39 is 29.1 Å². The molecule has 0 bridgehead atoms. The Morgan fingerprint density at radius 1 is 1.10 bits per heavy atom. The Labute approximate surface area is 125 Å². The Morgan fingerprint density at radius 3 is 2.00 bits per heavy atom. The Morgan fingerprint density at radius 2 is 1.57 bits per heavy atom. The third-order valence-corrected chi connectivity index (χ3v) is 4.25. The molecule has 1 fully saturated rings. The zero-order valence-electron chi connectivity index (χ0n) is 13.2. The molecule has 0 N–H and O–H groups in total. The third-order valence-electron chi connectivity index (χ3n) is 4.25. The largest absolute Gasteiger partial charge is 0.422 e. The Hall–Kier alpha value is -1.84. The smallest absolute Gasteiger partial charge is 0.324 e. The van der Waals surface area contributed by atoms with Crippen LogP contribution in [0.5, 0.6) is 0 Å². The summed E-state index contributed by atoms with van der Waals surface area (Å²) in [4.78, 5) is 24.7. The predicted octanol–water partition coefficient (Wildman–Crippen LogP) is 3.12. The van der Waals surface area contributed by atoms with E-state index in [1.165, 1.54) is 0 Å². The Balaban J connectivity index is 2.42. The van der Waals surface area contributed by atoms with Gasteiger partial charge in [-0.25, -0.2) is 0 Å². The maximum atomic E-state index is 12.3.